The zero-order valence-corrected chi connectivity index (χ0v) is 10.3. The fourth-order valence-electron chi connectivity index (χ4n) is 1.47. The lowest BCUT2D eigenvalue weighted by Gasteiger charge is -2.15. The first-order chi connectivity index (χ1) is 7.15. The highest BCUT2D eigenvalue weighted by Crippen LogP contribution is 2.50. The molecule has 0 aliphatic rings. The molecule has 0 N–H and O–H groups in total. The summed E-state index contributed by atoms with van der Waals surface area (Å²) < 4.78 is 21.8. The van der Waals surface area contributed by atoms with Gasteiger partial charge in [-0.3, -0.25) is 4.57 Å². The summed E-state index contributed by atoms with van der Waals surface area (Å²) in [5.41, 5.74) is 2.22. The smallest absolute Gasteiger partial charge is 0.312 e. The van der Waals surface area contributed by atoms with E-state index in [1.54, 1.807) is 0 Å². The van der Waals surface area contributed by atoms with Crippen molar-refractivity contribution in [1.82, 2.24) is 0 Å². The van der Waals surface area contributed by atoms with Gasteiger partial charge in [-0.15, -0.1) is 0 Å². The Balaban J connectivity index is 2.93. The molecule has 1 rings (SSSR count). The maximum Gasteiger partial charge on any atom is 0.334 e. The van der Waals surface area contributed by atoms with Gasteiger partial charge in [-0.05, 0) is 17.5 Å². The quantitative estimate of drug-likeness (QED) is 0.726. The Kier molecular flexibility index (Phi) is 4.52. The Labute approximate surface area is 90.9 Å². The van der Waals surface area contributed by atoms with E-state index in [4.69, 9.17) is 9.05 Å². The average molecular weight is 228 g/mol. The van der Waals surface area contributed by atoms with Gasteiger partial charge in [0.25, 0.3) is 0 Å². The molecule has 84 valence electrons. The van der Waals surface area contributed by atoms with Crippen molar-refractivity contribution in [3.8, 4) is 0 Å². The van der Waals surface area contributed by atoms with E-state index in [0.717, 1.165) is 12.0 Å². The van der Waals surface area contributed by atoms with Gasteiger partial charge >= 0.3 is 7.60 Å². The lowest BCUT2D eigenvalue weighted by Crippen LogP contribution is -1.97. The fourth-order valence-corrected chi connectivity index (χ4v) is 2.60. The van der Waals surface area contributed by atoms with E-state index in [9.17, 15) is 4.57 Å². The van der Waals surface area contributed by atoms with Crippen LogP contribution in [-0.2, 0) is 26.2 Å². The summed E-state index contributed by atoms with van der Waals surface area (Å²) in [6, 6.07) is 7.91. The molecule has 0 aliphatic carbocycles. The van der Waals surface area contributed by atoms with Crippen molar-refractivity contribution < 1.29 is 13.6 Å². The molecule has 0 unspecified atom stereocenters. The number of hydrogen-bond donors (Lipinski definition) is 0. The molecular weight excluding hydrogens is 211 g/mol. The molecule has 0 heterocycles. The number of rotatable bonds is 5. The molecule has 0 saturated carbocycles. The summed E-state index contributed by atoms with van der Waals surface area (Å²) in [4.78, 5) is 0. The van der Waals surface area contributed by atoms with Crippen LogP contribution < -0.4 is 0 Å². The zero-order chi connectivity index (χ0) is 11.3. The summed E-state index contributed by atoms with van der Waals surface area (Å²) in [6.45, 7) is 2.07. The Morgan fingerprint density at radius 2 is 1.67 bits per heavy atom. The second-order valence-corrected chi connectivity index (χ2v) is 5.52. The predicted octanol–water partition coefficient (Wildman–Crippen LogP) is 3.23. The number of aryl methyl sites for hydroxylation is 1. The molecule has 0 amide bonds. The lowest BCUT2D eigenvalue weighted by molar-refractivity contribution is 0.274. The third-order valence-corrected chi connectivity index (χ3v) is 4.26. The molecular formula is C11H17O3P. The summed E-state index contributed by atoms with van der Waals surface area (Å²) in [7, 11) is -0.112. The maximum atomic E-state index is 11.9. The third-order valence-electron chi connectivity index (χ3n) is 2.42. The first-order valence-corrected chi connectivity index (χ1v) is 6.65. The van der Waals surface area contributed by atoms with E-state index in [-0.39, 0.29) is 0 Å². The minimum atomic E-state index is -2.94. The van der Waals surface area contributed by atoms with Crippen LogP contribution in [0.2, 0.25) is 0 Å². The minimum Gasteiger partial charge on any atom is -0.312 e. The fraction of sp³-hybridized carbons (Fsp3) is 0.455. The maximum absolute atomic E-state index is 11.9. The summed E-state index contributed by atoms with van der Waals surface area (Å²) >= 11 is 0. The van der Waals surface area contributed by atoms with Gasteiger partial charge in [-0.2, -0.15) is 0 Å². The van der Waals surface area contributed by atoms with Gasteiger partial charge in [-0.25, -0.2) is 0 Å². The summed E-state index contributed by atoms with van der Waals surface area (Å²) in [5, 5.41) is 0. The molecule has 0 fully saturated rings. The van der Waals surface area contributed by atoms with Gasteiger partial charge in [0.2, 0.25) is 0 Å². The van der Waals surface area contributed by atoms with Crippen LogP contribution in [-0.4, -0.2) is 14.2 Å². The van der Waals surface area contributed by atoms with Crippen LogP contribution in [0, 0.1) is 0 Å². The lowest BCUT2D eigenvalue weighted by atomic mass is 10.1. The molecule has 0 radical (unpaired) electrons. The van der Waals surface area contributed by atoms with E-state index in [1.807, 2.05) is 24.3 Å². The van der Waals surface area contributed by atoms with Crippen LogP contribution in [0.5, 0.6) is 0 Å². The molecule has 15 heavy (non-hydrogen) atoms. The number of benzene rings is 1. The van der Waals surface area contributed by atoms with Gasteiger partial charge in [0.05, 0.1) is 6.16 Å². The molecule has 3 nitrogen and oxygen atoms in total. The zero-order valence-electron chi connectivity index (χ0n) is 9.40. The summed E-state index contributed by atoms with van der Waals surface area (Å²) in [5.74, 6) is 0. The Morgan fingerprint density at radius 3 is 2.13 bits per heavy atom. The van der Waals surface area contributed by atoms with E-state index in [0.29, 0.717) is 6.16 Å². The molecule has 0 spiro atoms. The van der Waals surface area contributed by atoms with Crippen molar-refractivity contribution in [2.45, 2.75) is 19.5 Å². The van der Waals surface area contributed by atoms with E-state index in [1.165, 1.54) is 19.8 Å². The highest BCUT2D eigenvalue weighted by molar-refractivity contribution is 7.52. The first kappa shape index (κ1) is 12.4. The Hall–Kier alpha value is -0.630. The van der Waals surface area contributed by atoms with Crippen molar-refractivity contribution in [1.29, 1.82) is 0 Å². The molecule has 4 heteroatoms. The van der Waals surface area contributed by atoms with Crippen molar-refractivity contribution >= 4 is 7.60 Å². The average Bonchev–Trinajstić information content (AvgIpc) is 2.29. The van der Waals surface area contributed by atoms with Gasteiger partial charge in [0.15, 0.2) is 0 Å². The van der Waals surface area contributed by atoms with Gasteiger partial charge in [0.1, 0.15) is 0 Å². The van der Waals surface area contributed by atoms with Gasteiger partial charge in [0, 0.05) is 14.2 Å². The van der Waals surface area contributed by atoms with Crippen LogP contribution in [0.1, 0.15) is 18.1 Å². The third kappa shape index (κ3) is 3.16. The largest absolute Gasteiger partial charge is 0.334 e. The van der Waals surface area contributed by atoms with Crippen molar-refractivity contribution in [3.63, 3.8) is 0 Å². The Bertz CT molecular complexity index is 355. The predicted molar refractivity (Wildman–Crippen MR) is 61.1 cm³/mol. The van der Waals surface area contributed by atoms with E-state index in [2.05, 4.69) is 6.92 Å². The standard InChI is InChI=1S/C11H17O3P/c1-4-10-7-5-6-8-11(10)9-15(12,13-2)14-3/h5-8H,4,9H2,1-3H3. The monoisotopic (exact) mass is 228 g/mol. The van der Waals surface area contributed by atoms with Crippen LogP contribution in [0.25, 0.3) is 0 Å². The van der Waals surface area contributed by atoms with E-state index < -0.39 is 7.60 Å². The van der Waals surface area contributed by atoms with Crippen molar-refractivity contribution in [2.75, 3.05) is 14.2 Å². The SMILES string of the molecule is CCc1ccccc1CP(=O)(OC)OC. The first-order valence-electron chi connectivity index (χ1n) is 4.92. The molecule has 0 bridgehead atoms. The summed E-state index contributed by atoms with van der Waals surface area (Å²) in [6.07, 6.45) is 1.26. The molecule has 0 atom stereocenters. The van der Waals surface area contributed by atoms with Crippen LogP contribution >= 0.6 is 7.60 Å². The minimum absolute atomic E-state index is 0.337. The highest BCUT2D eigenvalue weighted by atomic mass is 31.2. The van der Waals surface area contributed by atoms with Crippen molar-refractivity contribution in [3.05, 3.63) is 35.4 Å². The topological polar surface area (TPSA) is 35.5 Å². The van der Waals surface area contributed by atoms with Gasteiger partial charge < -0.3 is 9.05 Å². The molecule has 0 saturated heterocycles. The van der Waals surface area contributed by atoms with Crippen LogP contribution in [0.15, 0.2) is 24.3 Å². The normalized spacial score (nSPS) is 11.7. The molecule has 1 aromatic rings. The highest BCUT2D eigenvalue weighted by Gasteiger charge is 2.22. The Morgan fingerprint density at radius 1 is 1.13 bits per heavy atom. The molecule has 0 aliphatic heterocycles. The van der Waals surface area contributed by atoms with Gasteiger partial charge in [-0.1, -0.05) is 31.2 Å². The van der Waals surface area contributed by atoms with Crippen LogP contribution in [0.3, 0.4) is 0 Å². The molecule has 1 aromatic carbocycles. The molecule has 0 aromatic heterocycles. The van der Waals surface area contributed by atoms with Crippen LogP contribution in [0.4, 0.5) is 0 Å². The van der Waals surface area contributed by atoms with E-state index >= 15 is 0 Å². The second-order valence-electron chi connectivity index (χ2n) is 3.26. The number of hydrogen-bond acceptors (Lipinski definition) is 3. The second kappa shape index (κ2) is 5.45. The van der Waals surface area contributed by atoms with Crippen molar-refractivity contribution in [2.24, 2.45) is 0 Å².